The van der Waals surface area contributed by atoms with Gasteiger partial charge in [-0.1, -0.05) is 65.1 Å². The highest BCUT2D eigenvalue weighted by Crippen LogP contribution is 2.74. The van der Waals surface area contributed by atoms with Crippen LogP contribution in [0.25, 0.3) is 0 Å². The average Bonchev–Trinajstić information content (AvgIpc) is 2.63. The van der Waals surface area contributed by atoms with Crippen LogP contribution in [0.3, 0.4) is 0 Å². The van der Waals surface area contributed by atoms with Gasteiger partial charge in [-0.2, -0.15) is 12.6 Å². The highest BCUT2D eigenvalue weighted by atomic mass is 35.5. The predicted molar refractivity (Wildman–Crippen MR) is 80.6 cm³/mol. The van der Waals surface area contributed by atoms with E-state index in [2.05, 4.69) is 22.6 Å². The summed E-state index contributed by atoms with van der Waals surface area (Å²) < 4.78 is -1.92. The van der Waals surface area contributed by atoms with Gasteiger partial charge in [-0.05, 0) is 6.07 Å². The van der Waals surface area contributed by atoms with Gasteiger partial charge in [0.2, 0.25) is 7.33 Å². The minimum atomic E-state index is -0.962. The molecule has 8 heteroatoms. The van der Waals surface area contributed by atoms with Gasteiger partial charge in [0.15, 0.2) is 0 Å². The summed E-state index contributed by atoms with van der Waals surface area (Å²) in [6.07, 6.45) is 4.22. The summed E-state index contributed by atoms with van der Waals surface area (Å²) in [5.41, 5.74) is 1.05. The van der Waals surface area contributed by atoms with Gasteiger partial charge in [-0.15, -0.1) is 0 Å². The van der Waals surface area contributed by atoms with Crippen LogP contribution in [0.15, 0.2) is 18.6 Å². The van der Waals surface area contributed by atoms with Gasteiger partial charge in [0.05, 0.1) is 0 Å². The van der Waals surface area contributed by atoms with Crippen molar-refractivity contribution < 1.29 is 0 Å². The van der Waals surface area contributed by atoms with Crippen LogP contribution in [-0.4, -0.2) is 22.5 Å². The Morgan fingerprint density at radius 3 is 2.18 bits per heavy atom. The molecule has 0 radical (unpaired) electrons. The standard InChI is InChI=1S/C7H10N2S.C2Cl4S/c1-6(10)4-7-2-3-8-5-9-7;3-1(4)2(5,6)7-1/h2-3,5-6,10H,4H2,1H3;. The monoisotopic (exact) mass is 350 g/mol. The summed E-state index contributed by atoms with van der Waals surface area (Å²) in [5.74, 6) is 0. The quantitative estimate of drug-likeness (QED) is 0.487. The molecular formula is C9H10Cl4N2S2. The van der Waals surface area contributed by atoms with Gasteiger partial charge >= 0.3 is 0 Å². The predicted octanol–water partition coefficient (Wildman–Crippen LogP) is 4.33. The van der Waals surface area contributed by atoms with Crippen molar-refractivity contribution in [2.45, 2.75) is 25.9 Å². The van der Waals surface area contributed by atoms with Crippen LogP contribution in [0.1, 0.15) is 12.6 Å². The molecule has 0 aliphatic carbocycles. The Balaban J connectivity index is 0.000000181. The molecule has 0 amide bonds. The SMILES string of the molecule is CC(S)Cc1ccncn1.ClC1(Cl)SC1(Cl)Cl. The van der Waals surface area contributed by atoms with Gasteiger partial charge < -0.3 is 0 Å². The van der Waals surface area contributed by atoms with Crippen LogP contribution in [0.2, 0.25) is 0 Å². The van der Waals surface area contributed by atoms with Gasteiger partial charge in [-0.3, -0.25) is 0 Å². The van der Waals surface area contributed by atoms with Crippen molar-refractivity contribution in [3.05, 3.63) is 24.3 Å². The molecule has 1 atom stereocenters. The molecular weight excluding hydrogens is 342 g/mol. The first-order valence-electron chi connectivity index (χ1n) is 4.63. The molecule has 17 heavy (non-hydrogen) atoms. The number of halogens is 4. The van der Waals surface area contributed by atoms with E-state index in [4.69, 9.17) is 46.4 Å². The Morgan fingerprint density at radius 1 is 1.35 bits per heavy atom. The molecule has 1 unspecified atom stereocenters. The molecule has 1 fully saturated rings. The summed E-state index contributed by atoms with van der Waals surface area (Å²) in [7, 11) is 0. The lowest BCUT2D eigenvalue weighted by Crippen LogP contribution is -1.99. The molecule has 96 valence electrons. The van der Waals surface area contributed by atoms with E-state index in [0.29, 0.717) is 5.25 Å². The molecule has 1 aromatic rings. The zero-order chi connectivity index (χ0) is 13.1. The number of rotatable bonds is 2. The average molecular weight is 352 g/mol. The molecule has 2 rings (SSSR count). The Hall–Kier alpha value is 0.940. The fraction of sp³-hybridized carbons (Fsp3) is 0.556. The minimum Gasteiger partial charge on any atom is -0.245 e. The zero-order valence-corrected chi connectivity index (χ0v) is 13.5. The summed E-state index contributed by atoms with van der Waals surface area (Å²) in [6, 6.07) is 1.91. The number of hydrogen-bond donors (Lipinski definition) is 1. The number of nitrogens with zero attached hydrogens (tertiary/aromatic N) is 2. The molecule has 2 nitrogen and oxygen atoms in total. The normalized spacial score (nSPS) is 21.1. The van der Waals surface area contributed by atoms with Crippen LogP contribution >= 0.6 is 70.8 Å². The van der Waals surface area contributed by atoms with Gasteiger partial charge in [-0.25, -0.2) is 9.97 Å². The molecule has 0 N–H and O–H groups in total. The smallest absolute Gasteiger partial charge is 0.208 e. The second-order valence-electron chi connectivity index (χ2n) is 3.39. The number of thiol groups is 1. The second kappa shape index (κ2) is 6.40. The lowest BCUT2D eigenvalue weighted by molar-refractivity contribution is 0.894. The van der Waals surface area contributed by atoms with E-state index < -0.39 is 7.33 Å². The van der Waals surface area contributed by atoms with Crippen molar-refractivity contribution in [2.24, 2.45) is 0 Å². The molecule has 2 heterocycles. The maximum Gasteiger partial charge on any atom is 0.208 e. The first-order chi connectivity index (χ1) is 7.74. The lowest BCUT2D eigenvalue weighted by Gasteiger charge is -2.00. The van der Waals surface area contributed by atoms with Crippen molar-refractivity contribution >= 4 is 70.8 Å². The zero-order valence-electron chi connectivity index (χ0n) is 8.78. The van der Waals surface area contributed by atoms with E-state index in [1.807, 2.05) is 13.0 Å². The summed E-state index contributed by atoms with van der Waals surface area (Å²) in [5, 5.41) is 0.370. The summed E-state index contributed by atoms with van der Waals surface area (Å²) >= 11 is 27.0. The molecule has 0 spiro atoms. The van der Waals surface area contributed by atoms with Crippen molar-refractivity contribution in [3.63, 3.8) is 0 Å². The van der Waals surface area contributed by atoms with E-state index in [1.165, 1.54) is 0 Å². The first kappa shape index (κ1) is 16.0. The lowest BCUT2D eigenvalue weighted by atomic mass is 10.2. The molecule has 0 saturated carbocycles. The molecule has 1 aliphatic heterocycles. The third-order valence-electron chi connectivity index (χ3n) is 1.70. The number of aromatic nitrogens is 2. The summed E-state index contributed by atoms with van der Waals surface area (Å²) in [6.45, 7) is 2.05. The van der Waals surface area contributed by atoms with E-state index >= 15 is 0 Å². The third-order valence-corrected chi connectivity index (χ3v) is 5.70. The fourth-order valence-electron chi connectivity index (χ4n) is 0.877. The topological polar surface area (TPSA) is 25.8 Å². The molecule has 0 aromatic carbocycles. The third kappa shape index (κ3) is 5.62. The maximum absolute atomic E-state index is 5.40. The van der Waals surface area contributed by atoms with Crippen LogP contribution in [0, 0.1) is 0 Å². The first-order valence-corrected chi connectivity index (χ1v) is 7.48. The molecule has 1 aromatic heterocycles. The van der Waals surface area contributed by atoms with Gasteiger partial charge in [0, 0.05) is 23.6 Å². The van der Waals surface area contributed by atoms with Crippen molar-refractivity contribution in [3.8, 4) is 0 Å². The second-order valence-corrected chi connectivity index (χ2v) is 9.25. The number of hydrogen-bond acceptors (Lipinski definition) is 4. The molecule has 0 bridgehead atoms. The van der Waals surface area contributed by atoms with E-state index in [0.717, 1.165) is 23.9 Å². The maximum atomic E-state index is 5.40. The minimum absolute atomic E-state index is 0.370. The molecule has 1 saturated heterocycles. The van der Waals surface area contributed by atoms with Gasteiger partial charge in [0.25, 0.3) is 0 Å². The fourth-order valence-corrected chi connectivity index (χ4v) is 3.20. The highest BCUT2D eigenvalue weighted by Gasteiger charge is 2.67. The van der Waals surface area contributed by atoms with Crippen molar-refractivity contribution in [1.82, 2.24) is 9.97 Å². The van der Waals surface area contributed by atoms with Gasteiger partial charge in [0.1, 0.15) is 6.33 Å². The Labute approximate surface area is 130 Å². The summed E-state index contributed by atoms with van der Waals surface area (Å²) in [4.78, 5) is 7.88. The van der Waals surface area contributed by atoms with Crippen LogP contribution < -0.4 is 0 Å². The van der Waals surface area contributed by atoms with Crippen LogP contribution in [0.5, 0.6) is 0 Å². The van der Waals surface area contributed by atoms with Crippen molar-refractivity contribution in [2.75, 3.05) is 0 Å². The van der Waals surface area contributed by atoms with Crippen LogP contribution in [-0.2, 0) is 6.42 Å². The number of alkyl halides is 4. The Morgan fingerprint density at radius 2 is 1.88 bits per heavy atom. The van der Waals surface area contributed by atoms with Crippen molar-refractivity contribution in [1.29, 1.82) is 0 Å². The Kier molecular flexibility index (Phi) is 6.02. The van der Waals surface area contributed by atoms with Crippen LogP contribution in [0.4, 0.5) is 0 Å². The highest BCUT2D eigenvalue weighted by molar-refractivity contribution is 8.16. The Bertz CT molecular complexity index is 347. The van der Waals surface area contributed by atoms with E-state index in [1.54, 1.807) is 12.5 Å². The van der Waals surface area contributed by atoms with E-state index in [9.17, 15) is 0 Å². The molecule has 1 aliphatic rings. The largest absolute Gasteiger partial charge is 0.245 e. The number of thioether (sulfide) groups is 1. The van der Waals surface area contributed by atoms with E-state index in [-0.39, 0.29) is 0 Å².